The van der Waals surface area contributed by atoms with Crippen LogP contribution in [0.1, 0.15) is 6.92 Å². The maximum Gasteiger partial charge on any atom is 0.180 e. The van der Waals surface area contributed by atoms with Crippen LogP contribution in [0.2, 0.25) is 0 Å². The molecule has 48 valence electrons. The van der Waals surface area contributed by atoms with E-state index in [0.717, 1.165) is 0 Å². The molecule has 0 radical (unpaired) electrons. The quantitative estimate of drug-likeness (QED) is 0.412. The average molecular weight is 122 g/mol. The smallest absolute Gasteiger partial charge is 0.180 e. The fraction of sp³-hybridized carbons (Fsp3) is 0.125. The first-order chi connectivity index (χ1) is 4.18. The molecule has 0 amide bonds. The third-order valence-electron chi connectivity index (χ3n) is 0.804. The van der Waals surface area contributed by atoms with E-state index in [2.05, 4.69) is 13.2 Å². The minimum atomic E-state index is -0.0464. The van der Waals surface area contributed by atoms with Crippen molar-refractivity contribution in [1.29, 1.82) is 0 Å². The van der Waals surface area contributed by atoms with Crippen LogP contribution in [-0.2, 0) is 4.79 Å². The van der Waals surface area contributed by atoms with Crippen LogP contribution in [0.15, 0.2) is 37.0 Å². The van der Waals surface area contributed by atoms with Crippen LogP contribution in [0, 0.1) is 0 Å². The van der Waals surface area contributed by atoms with E-state index < -0.39 is 0 Å². The summed E-state index contributed by atoms with van der Waals surface area (Å²) in [5, 5.41) is 0. The molecular weight excluding hydrogens is 112 g/mol. The molecule has 1 heteroatoms. The lowest BCUT2D eigenvalue weighted by molar-refractivity contribution is -0.111. The first kappa shape index (κ1) is 7.89. The van der Waals surface area contributed by atoms with Crippen molar-refractivity contribution in [3.05, 3.63) is 37.0 Å². The first-order valence-electron chi connectivity index (χ1n) is 2.67. The van der Waals surface area contributed by atoms with Gasteiger partial charge in [0.1, 0.15) is 0 Å². The van der Waals surface area contributed by atoms with Gasteiger partial charge in [0.2, 0.25) is 0 Å². The molecule has 0 fully saturated rings. The Balaban J connectivity index is 3.92. The molecule has 0 atom stereocenters. The van der Waals surface area contributed by atoms with Crippen LogP contribution in [0.5, 0.6) is 0 Å². The van der Waals surface area contributed by atoms with Gasteiger partial charge in [-0.1, -0.05) is 25.3 Å². The molecule has 0 rings (SSSR count). The molecule has 0 bridgehead atoms. The molecule has 0 spiro atoms. The maximum atomic E-state index is 10.7. The summed E-state index contributed by atoms with van der Waals surface area (Å²) in [7, 11) is 0. The molecule has 0 aliphatic rings. The standard InChI is InChI=1S/C8H10O/c1-4-5-6-8(9)7(2)3/h4-6H,1-2H2,3H3. The predicted molar refractivity (Wildman–Crippen MR) is 39.2 cm³/mol. The van der Waals surface area contributed by atoms with Gasteiger partial charge in [-0.15, -0.1) is 0 Å². The van der Waals surface area contributed by atoms with Gasteiger partial charge in [0.25, 0.3) is 0 Å². The molecule has 0 aliphatic carbocycles. The Kier molecular flexibility index (Phi) is 3.37. The van der Waals surface area contributed by atoms with Crippen LogP contribution in [0.3, 0.4) is 0 Å². The first-order valence-corrected chi connectivity index (χ1v) is 2.67. The van der Waals surface area contributed by atoms with Crippen LogP contribution in [0.4, 0.5) is 0 Å². The largest absolute Gasteiger partial charge is 0.290 e. The van der Waals surface area contributed by atoms with Gasteiger partial charge in [-0.2, -0.15) is 0 Å². The van der Waals surface area contributed by atoms with Gasteiger partial charge in [-0.3, -0.25) is 4.79 Å². The van der Waals surface area contributed by atoms with Crippen molar-refractivity contribution >= 4 is 5.78 Å². The Bertz CT molecular complexity index is 163. The number of carbonyl (C=O) groups is 1. The average Bonchev–Trinajstić information content (AvgIpc) is 1.82. The molecule has 0 aromatic heterocycles. The van der Waals surface area contributed by atoms with Crippen molar-refractivity contribution in [2.45, 2.75) is 6.92 Å². The maximum absolute atomic E-state index is 10.7. The van der Waals surface area contributed by atoms with E-state index in [1.165, 1.54) is 6.08 Å². The van der Waals surface area contributed by atoms with E-state index in [1.807, 2.05) is 0 Å². The van der Waals surface area contributed by atoms with Crippen LogP contribution >= 0.6 is 0 Å². The summed E-state index contributed by atoms with van der Waals surface area (Å²) in [4.78, 5) is 10.7. The predicted octanol–water partition coefficient (Wildman–Crippen LogP) is 1.87. The van der Waals surface area contributed by atoms with E-state index in [9.17, 15) is 4.79 Å². The monoisotopic (exact) mass is 122 g/mol. The van der Waals surface area contributed by atoms with Gasteiger partial charge in [0, 0.05) is 0 Å². The summed E-state index contributed by atoms with van der Waals surface area (Å²) < 4.78 is 0. The number of hydrogen-bond acceptors (Lipinski definition) is 1. The van der Waals surface area contributed by atoms with Crippen LogP contribution in [0.25, 0.3) is 0 Å². The second-order valence-corrected chi connectivity index (χ2v) is 1.74. The number of rotatable bonds is 3. The van der Waals surface area contributed by atoms with E-state index in [1.54, 1.807) is 19.1 Å². The zero-order valence-corrected chi connectivity index (χ0v) is 5.55. The number of allylic oxidation sites excluding steroid dienone is 4. The molecule has 0 aromatic carbocycles. The lowest BCUT2D eigenvalue weighted by Gasteiger charge is -1.85. The zero-order valence-electron chi connectivity index (χ0n) is 5.55. The van der Waals surface area contributed by atoms with Crippen LogP contribution < -0.4 is 0 Å². The topological polar surface area (TPSA) is 17.1 Å². The summed E-state index contributed by atoms with van der Waals surface area (Å²) >= 11 is 0. The normalized spacial score (nSPS) is 9.44. The Labute approximate surface area is 55.4 Å². The Morgan fingerprint density at radius 1 is 1.56 bits per heavy atom. The van der Waals surface area contributed by atoms with Crippen molar-refractivity contribution in [1.82, 2.24) is 0 Å². The van der Waals surface area contributed by atoms with E-state index in [0.29, 0.717) is 5.57 Å². The fourth-order valence-corrected chi connectivity index (χ4v) is 0.298. The van der Waals surface area contributed by atoms with E-state index in [-0.39, 0.29) is 5.78 Å². The van der Waals surface area contributed by atoms with Gasteiger partial charge in [0.05, 0.1) is 0 Å². The summed E-state index contributed by atoms with van der Waals surface area (Å²) in [6, 6.07) is 0. The molecule has 0 N–H and O–H groups in total. The highest BCUT2D eigenvalue weighted by Gasteiger charge is 1.91. The molecule has 0 saturated heterocycles. The fourth-order valence-electron chi connectivity index (χ4n) is 0.298. The SMILES string of the molecule is C=CC=CC(=O)C(=C)C. The second-order valence-electron chi connectivity index (χ2n) is 1.74. The molecule has 0 aromatic rings. The van der Waals surface area contributed by atoms with Gasteiger partial charge < -0.3 is 0 Å². The Morgan fingerprint density at radius 3 is 2.44 bits per heavy atom. The van der Waals surface area contributed by atoms with E-state index in [4.69, 9.17) is 0 Å². The zero-order chi connectivity index (χ0) is 7.28. The third-order valence-corrected chi connectivity index (χ3v) is 0.804. The summed E-state index contributed by atoms with van der Waals surface area (Å²) in [6.45, 7) is 8.57. The highest BCUT2D eigenvalue weighted by molar-refractivity contribution is 6.03. The molecule has 0 heterocycles. The highest BCUT2D eigenvalue weighted by atomic mass is 16.1. The lowest BCUT2D eigenvalue weighted by Crippen LogP contribution is -1.90. The van der Waals surface area contributed by atoms with Crippen molar-refractivity contribution in [3.63, 3.8) is 0 Å². The molecule has 0 saturated carbocycles. The lowest BCUT2D eigenvalue weighted by atomic mass is 10.2. The van der Waals surface area contributed by atoms with Gasteiger partial charge in [-0.25, -0.2) is 0 Å². The second kappa shape index (κ2) is 3.84. The van der Waals surface area contributed by atoms with Gasteiger partial charge >= 0.3 is 0 Å². The van der Waals surface area contributed by atoms with Crippen molar-refractivity contribution < 1.29 is 4.79 Å². The summed E-state index contributed by atoms with van der Waals surface area (Å²) in [5.74, 6) is -0.0464. The van der Waals surface area contributed by atoms with Crippen molar-refractivity contribution in [2.24, 2.45) is 0 Å². The molecule has 0 aliphatic heterocycles. The van der Waals surface area contributed by atoms with Crippen LogP contribution in [-0.4, -0.2) is 5.78 Å². The highest BCUT2D eigenvalue weighted by Crippen LogP contribution is 1.90. The molecule has 0 unspecified atom stereocenters. The minimum Gasteiger partial charge on any atom is -0.290 e. The Morgan fingerprint density at radius 2 is 2.11 bits per heavy atom. The summed E-state index contributed by atoms with van der Waals surface area (Å²) in [6.07, 6.45) is 4.59. The van der Waals surface area contributed by atoms with E-state index >= 15 is 0 Å². The summed E-state index contributed by atoms with van der Waals surface area (Å²) in [5.41, 5.74) is 0.549. The molecule has 9 heavy (non-hydrogen) atoms. The third kappa shape index (κ3) is 3.47. The molecular formula is C8H10O. The minimum absolute atomic E-state index is 0.0464. The number of carbonyl (C=O) groups excluding carboxylic acids is 1. The number of ketones is 1. The molecule has 1 nitrogen and oxygen atoms in total. The number of hydrogen-bond donors (Lipinski definition) is 0. The van der Waals surface area contributed by atoms with Gasteiger partial charge in [-0.05, 0) is 18.6 Å². The van der Waals surface area contributed by atoms with Crippen molar-refractivity contribution in [2.75, 3.05) is 0 Å². The van der Waals surface area contributed by atoms with Crippen molar-refractivity contribution in [3.8, 4) is 0 Å². The van der Waals surface area contributed by atoms with Gasteiger partial charge in [0.15, 0.2) is 5.78 Å². The Hall–Kier alpha value is -1.11.